The second kappa shape index (κ2) is 16.5. The van der Waals surface area contributed by atoms with Crippen LogP contribution in [0.3, 0.4) is 0 Å². The summed E-state index contributed by atoms with van der Waals surface area (Å²) in [6.45, 7) is 4.03. The Labute approximate surface area is 137 Å². The topological polar surface area (TPSA) is 46.5 Å². The Morgan fingerprint density at radius 3 is 1.91 bits per heavy atom. The molecule has 1 atom stereocenters. The first-order valence-corrected chi connectivity index (χ1v) is 9.25. The van der Waals surface area contributed by atoms with Crippen molar-refractivity contribution in [3.63, 3.8) is 0 Å². The van der Waals surface area contributed by atoms with Gasteiger partial charge in [-0.1, -0.05) is 84.1 Å². The van der Waals surface area contributed by atoms with Gasteiger partial charge >= 0.3 is 5.97 Å². The van der Waals surface area contributed by atoms with Gasteiger partial charge in [0, 0.05) is 12.5 Å². The maximum absolute atomic E-state index is 11.2. The van der Waals surface area contributed by atoms with Crippen LogP contribution in [-0.2, 0) is 9.53 Å². The zero-order valence-corrected chi connectivity index (χ0v) is 14.7. The van der Waals surface area contributed by atoms with Gasteiger partial charge in [-0.3, -0.25) is 0 Å². The maximum Gasteiger partial charge on any atom is 0.332 e. The molecule has 1 N–H and O–H groups in total. The summed E-state index contributed by atoms with van der Waals surface area (Å²) < 4.78 is 4.74. The molecule has 3 nitrogen and oxygen atoms in total. The zero-order valence-electron chi connectivity index (χ0n) is 14.7. The molecule has 0 fully saturated rings. The van der Waals surface area contributed by atoms with Crippen molar-refractivity contribution in [3.05, 3.63) is 12.2 Å². The lowest BCUT2D eigenvalue weighted by Gasteiger charge is -2.06. The Morgan fingerprint density at radius 2 is 1.41 bits per heavy atom. The average Bonchev–Trinajstić information content (AvgIpc) is 2.51. The Kier molecular flexibility index (Phi) is 15.9. The number of allylic oxidation sites excluding steroid dienone is 1. The van der Waals surface area contributed by atoms with Gasteiger partial charge in [-0.15, -0.1) is 0 Å². The fourth-order valence-corrected chi connectivity index (χ4v) is 2.36. The van der Waals surface area contributed by atoms with Gasteiger partial charge in [-0.2, -0.15) is 0 Å². The third-order valence-electron chi connectivity index (χ3n) is 3.83. The van der Waals surface area contributed by atoms with E-state index in [4.69, 9.17) is 9.84 Å². The Bertz CT molecular complexity index is 274. The Morgan fingerprint density at radius 1 is 0.909 bits per heavy atom. The molecule has 0 saturated heterocycles. The Balaban J connectivity index is 3.24. The number of unbranched alkanes of at least 4 members (excludes halogenated alkanes) is 11. The first-order valence-electron chi connectivity index (χ1n) is 9.25. The van der Waals surface area contributed by atoms with Crippen LogP contribution in [0.5, 0.6) is 0 Å². The lowest BCUT2D eigenvalue weighted by Crippen LogP contribution is -2.14. The van der Waals surface area contributed by atoms with Crippen LogP contribution in [0.2, 0.25) is 0 Å². The number of carbonyl (C=O) groups excluding carboxylic acids is 1. The van der Waals surface area contributed by atoms with Crippen molar-refractivity contribution < 1.29 is 14.6 Å². The summed E-state index contributed by atoms with van der Waals surface area (Å²) in [4.78, 5) is 11.2. The first-order chi connectivity index (χ1) is 10.7. The fourth-order valence-electron chi connectivity index (χ4n) is 2.36. The molecule has 130 valence electrons. The van der Waals surface area contributed by atoms with Gasteiger partial charge in [0.05, 0.1) is 0 Å². The molecule has 0 radical (unpaired) electrons. The summed E-state index contributed by atoms with van der Waals surface area (Å²) in [7, 11) is 0. The van der Waals surface area contributed by atoms with Gasteiger partial charge < -0.3 is 9.84 Å². The van der Waals surface area contributed by atoms with Gasteiger partial charge in [0.15, 0.2) is 0 Å². The van der Waals surface area contributed by atoms with Crippen LogP contribution in [0.25, 0.3) is 0 Å². The summed E-state index contributed by atoms with van der Waals surface area (Å²) in [5, 5.41) is 9.16. The SMILES string of the molecule is CCCCCCCCCCCCCC=CC(=O)OC(O)CC. The number of rotatable bonds is 15. The summed E-state index contributed by atoms with van der Waals surface area (Å²) in [5.41, 5.74) is 0. The van der Waals surface area contributed by atoms with Crippen molar-refractivity contribution >= 4 is 5.97 Å². The zero-order chi connectivity index (χ0) is 16.5. The number of carbonyl (C=O) groups is 1. The van der Waals surface area contributed by atoms with E-state index >= 15 is 0 Å². The monoisotopic (exact) mass is 312 g/mol. The number of aliphatic hydroxyl groups excluding tert-OH is 1. The van der Waals surface area contributed by atoms with Crippen LogP contribution >= 0.6 is 0 Å². The molecule has 0 spiro atoms. The lowest BCUT2D eigenvalue weighted by atomic mass is 10.1. The molecule has 0 aliphatic rings. The minimum absolute atomic E-state index is 0.429. The molecule has 0 saturated carbocycles. The van der Waals surface area contributed by atoms with Crippen molar-refractivity contribution in [1.29, 1.82) is 0 Å². The van der Waals surface area contributed by atoms with Crippen molar-refractivity contribution in [2.45, 2.75) is 104 Å². The van der Waals surface area contributed by atoms with Gasteiger partial charge in [0.2, 0.25) is 6.29 Å². The van der Waals surface area contributed by atoms with Crippen LogP contribution in [0.4, 0.5) is 0 Å². The van der Waals surface area contributed by atoms with Crippen LogP contribution in [0, 0.1) is 0 Å². The number of aliphatic hydroxyl groups is 1. The molecule has 0 aromatic rings. The van der Waals surface area contributed by atoms with E-state index < -0.39 is 12.3 Å². The van der Waals surface area contributed by atoms with E-state index in [-0.39, 0.29) is 0 Å². The molecule has 1 unspecified atom stereocenters. The van der Waals surface area contributed by atoms with Crippen molar-refractivity contribution in [2.75, 3.05) is 0 Å². The first kappa shape index (κ1) is 21.2. The molecule has 0 aromatic heterocycles. The summed E-state index contributed by atoms with van der Waals surface area (Å²) >= 11 is 0. The predicted molar refractivity (Wildman–Crippen MR) is 92.6 cm³/mol. The molecular formula is C19H36O3. The average molecular weight is 312 g/mol. The van der Waals surface area contributed by atoms with Crippen LogP contribution in [0.1, 0.15) is 97.3 Å². The Hall–Kier alpha value is -0.830. The van der Waals surface area contributed by atoms with Crippen molar-refractivity contribution in [3.8, 4) is 0 Å². The second-order valence-electron chi connectivity index (χ2n) is 6.03. The van der Waals surface area contributed by atoms with Crippen LogP contribution < -0.4 is 0 Å². The van der Waals surface area contributed by atoms with Gasteiger partial charge in [0.25, 0.3) is 0 Å². The number of esters is 1. The molecule has 0 aromatic carbocycles. The molecule has 0 aliphatic carbocycles. The van der Waals surface area contributed by atoms with E-state index in [1.54, 1.807) is 6.92 Å². The van der Waals surface area contributed by atoms with E-state index in [0.717, 1.165) is 12.8 Å². The highest BCUT2D eigenvalue weighted by Crippen LogP contribution is 2.12. The number of ether oxygens (including phenoxy) is 1. The van der Waals surface area contributed by atoms with Gasteiger partial charge in [0.1, 0.15) is 0 Å². The molecule has 0 amide bonds. The van der Waals surface area contributed by atoms with E-state index in [1.807, 2.05) is 6.08 Å². The number of hydrogen-bond donors (Lipinski definition) is 1. The highest BCUT2D eigenvalue weighted by molar-refractivity contribution is 5.81. The van der Waals surface area contributed by atoms with Crippen LogP contribution in [0.15, 0.2) is 12.2 Å². The fraction of sp³-hybridized carbons (Fsp3) is 0.842. The van der Waals surface area contributed by atoms with Gasteiger partial charge in [-0.05, 0) is 12.8 Å². The standard InChI is InChI=1S/C19H36O3/c1-3-5-6-7-8-9-10-11-12-13-14-15-16-17-19(21)22-18(20)4-2/h16-18,20H,3-15H2,1-2H3. The van der Waals surface area contributed by atoms with E-state index in [2.05, 4.69) is 6.92 Å². The maximum atomic E-state index is 11.2. The molecule has 0 aliphatic heterocycles. The van der Waals surface area contributed by atoms with E-state index in [1.165, 1.54) is 70.3 Å². The normalized spacial score (nSPS) is 12.7. The third-order valence-corrected chi connectivity index (χ3v) is 3.83. The van der Waals surface area contributed by atoms with Crippen molar-refractivity contribution in [2.24, 2.45) is 0 Å². The highest BCUT2D eigenvalue weighted by Gasteiger charge is 2.04. The van der Waals surface area contributed by atoms with E-state index in [9.17, 15) is 4.79 Å². The smallest absolute Gasteiger partial charge is 0.332 e. The molecule has 3 heteroatoms. The summed E-state index contributed by atoms with van der Waals surface area (Å²) in [5.74, 6) is -0.447. The molecule has 22 heavy (non-hydrogen) atoms. The summed E-state index contributed by atoms with van der Waals surface area (Å²) in [6, 6.07) is 0. The minimum atomic E-state index is -0.973. The van der Waals surface area contributed by atoms with E-state index in [0.29, 0.717) is 6.42 Å². The third kappa shape index (κ3) is 15.6. The predicted octanol–water partition coefficient (Wildman–Crippen LogP) is 5.52. The largest absolute Gasteiger partial charge is 0.433 e. The molecule has 0 bridgehead atoms. The summed E-state index contributed by atoms with van der Waals surface area (Å²) in [6.07, 6.45) is 18.3. The van der Waals surface area contributed by atoms with Crippen LogP contribution in [-0.4, -0.2) is 17.4 Å². The number of hydrogen-bond acceptors (Lipinski definition) is 3. The van der Waals surface area contributed by atoms with Gasteiger partial charge in [-0.25, -0.2) is 4.79 Å². The minimum Gasteiger partial charge on any atom is -0.433 e. The molecule has 0 heterocycles. The molecular weight excluding hydrogens is 276 g/mol. The second-order valence-corrected chi connectivity index (χ2v) is 6.03. The lowest BCUT2D eigenvalue weighted by molar-refractivity contribution is -0.161. The highest BCUT2D eigenvalue weighted by atomic mass is 16.6. The van der Waals surface area contributed by atoms with Crippen molar-refractivity contribution in [1.82, 2.24) is 0 Å². The quantitative estimate of drug-likeness (QED) is 0.187. The molecule has 0 rings (SSSR count).